The van der Waals surface area contributed by atoms with E-state index in [4.69, 9.17) is 0 Å². The lowest BCUT2D eigenvalue weighted by molar-refractivity contribution is -0.137. The maximum atomic E-state index is 13.3. The van der Waals surface area contributed by atoms with Gasteiger partial charge in [0.15, 0.2) is 0 Å². The van der Waals surface area contributed by atoms with Gasteiger partial charge in [0, 0.05) is 35.2 Å². The Balaban J connectivity index is 1.33. The van der Waals surface area contributed by atoms with Crippen molar-refractivity contribution in [3.63, 3.8) is 0 Å². The van der Waals surface area contributed by atoms with Crippen LogP contribution in [-0.4, -0.2) is 45.7 Å². The van der Waals surface area contributed by atoms with E-state index in [2.05, 4.69) is 35.6 Å². The van der Waals surface area contributed by atoms with Crippen LogP contribution in [0.15, 0.2) is 88.3 Å². The molecule has 15 heteroatoms. The highest BCUT2D eigenvalue weighted by molar-refractivity contribution is 7.75. The molecule has 1 atom stereocenters. The van der Waals surface area contributed by atoms with Crippen molar-refractivity contribution < 1.29 is 32.1 Å². The number of urea groups is 1. The maximum Gasteiger partial charge on any atom is 0.416 e. The topological polar surface area (TPSA) is 158 Å². The van der Waals surface area contributed by atoms with Crippen LogP contribution in [-0.2, 0) is 31.2 Å². The Kier molecular flexibility index (Phi) is 10.5. The minimum atomic E-state index is -4.50. The van der Waals surface area contributed by atoms with Crippen molar-refractivity contribution in [2.75, 3.05) is 22.6 Å². The summed E-state index contributed by atoms with van der Waals surface area (Å²) in [5.41, 5.74) is 0.777. The van der Waals surface area contributed by atoms with Crippen molar-refractivity contribution >= 4 is 45.7 Å². The summed E-state index contributed by atoms with van der Waals surface area (Å²) < 4.78 is 56.2. The zero-order valence-corrected chi connectivity index (χ0v) is 27.7. The average molecular weight is 695 g/mol. The van der Waals surface area contributed by atoms with Crippen LogP contribution in [0, 0.1) is 0 Å². The van der Waals surface area contributed by atoms with Crippen molar-refractivity contribution in [2.24, 2.45) is 4.36 Å². The highest BCUT2D eigenvalue weighted by atomic mass is 32.2. The number of nitrogens with one attached hydrogen (secondary N) is 4. The number of carbonyl (C=O) groups is 2. The SMILES string of the molecule is CC(C)NC(=O)N=[S-](=O)c1cccc(Nc2ncc(-c3ccc(NC(=O)C4(c5cccc(C(F)(F)F)c5)CC4)cc3)c(NC(C)CO)n2)c1. The van der Waals surface area contributed by atoms with Crippen LogP contribution in [0.4, 0.5) is 41.1 Å². The average Bonchev–Trinajstić information content (AvgIpc) is 3.87. The van der Waals surface area contributed by atoms with Gasteiger partial charge in [0.25, 0.3) is 0 Å². The lowest BCUT2D eigenvalue weighted by atomic mass is 9.93. The van der Waals surface area contributed by atoms with E-state index in [-0.39, 0.29) is 30.5 Å². The number of anilines is 4. The first-order chi connectivity index (χ1) is 23.3. The van der Waals surface area contributed by atoms with Crippen LogP contribution in [0.1, 0.15) is 44.7 Å². The molecule has 5 rings (SSSR count). The number of rotatable bonds is 11. The minimum absolute atomic E-state index is 0.155. The third-order valence-electron chi connectivity index (χ3n) is 7.70. The van der Waals surface area contributed by atoms with Gasteiger partial charge in [-0.25, -0.2) is 9.78 Å². The number of aliphatic hydroxyl groups excluding tert-OH is 1. The van der Waals surface area contributed by atoms with Gasteiger partial charge in [0.05, 0.1) is 17.6 Å². The van der Waals surface area contributed by atoms with Crippen molar-refractivity contribution in [3.05, 3.63) is 90.1 Å². The fraction of sp³-hybridized carbons (Fsp3) is 0.294. The van der Waals surface area contributed by atoms with Gasteiger partial charge in [-0.1, -0.05) is 53.4 Å². The predicted octanol–water partition coefficient (Wildman–Crippen LogP) is 6.99. The quantitative estimate of drug-likeness (QED) is 0.105. The third-order valence-corrected chi connectivity index (χ3v) is 8.69. The number of hydrogen-bond donors (Lipinski definition) is 5. The number of aromatic nitrogens is 2. The molecule has 1 aliphatic carbocycles. The summed E-state index contributed by atoms with van der Waals surface area (Å²) in [6.45, 7) is 5.13. The molecule has 0 aliphatic heterocycles. The van der Waals surface area contributed by atoms with E-state index in [9.17, 15) is 32.1 Å². The molecular weight excluding hydrogens is 659 g/mol. The summed E-state index contributed by atoms with van der Waals surface area (Å²) in [5, 5.41) is 21.3. The molecule has 4 aromatic rings. The normalized spacial score (nSPS) is 14.9. The summed E-state index contributed by atoms with van der Waals surface area (Å²) in [5.74, 6) is 0.220. The first-order valence-corrected chi connectivity index (χ1v) is 16.5. The molecular formula is C34H35F3N7O4S-. The molecule has 1 fully saturated rings. The summed E-state index contributed by atoms with van der Waals surface area (Å²) in [6, 6.07) is 17.1. The van der Waals surface area contributed by atoms with Crippen molar-refractivity contribution in [1.29, 1.82) is 0 Å². The zero-order chi connectivity index (χ0) is 35.3. The molecule has 0 spiro atoms. The minimum Gasteiger partial charge on any atom is -0.439 e. The number of carbonyl (C=O) groups excluding carboxylic acids is 2. The molecule has 1 aliphatic rings. The first-order valence-electron chi connectivity index (χ1n) is 15.4. The fourth-order valence-corrected chi connectivity index (χ4v) is 5.74. The summed E-state index contributed by atoms with van der Waals surface area (Å²) in [4.78, 5) is 34.5. The fourth-order valence-electron chi connectivity index (χ4n) is 5.00. The van der Waals surface area contributed by atoms with E-state index in [1.807, 2.05) is 0 Å². The Bertz CT molecular complexity index is 1930. The molecule has 0 bridgehead atoms. The molecule has 11 nitrogen and oxygen atoms in total. The van der Waals surface area contributed by atoms with E-state index in [0.29, 0.717) is 51.6 Å². The summed E-state index contributed by atoms with van der Waals surface area (Å²) in [7, 11) is -1.94. The number of alkyl halides is 3. The Morgan fingerprint density at radius 3 is 2.37 bits per heavy atom. The number of benzene rings is 3. The lowest BCUT2D eigenvalue weighted by Gasteiger charge is -2.18. The zero-order valence-electron chi connectivity index (χ0n) is 26.8. The van der Waals surface area contributed by atoms with Crippen LogP contribution in [0.5, 0.6) is 0 Å². The van der Waals surface area contributed by atoms with E-state index in [1.165, 1.54) is 6.07 Å². The first kappa shape index (κ1) is 35.3. The molecule has 1 aromatic heterocycles. The second-order valence-electron chi connectivity index (χ2n) is 12.0. The Morgan fingerprint density at radius 1 is 1.00 bits per heavy atom. The third kappa shape index (κ3) is 8.72. The van der Waals surface area contributed by atoms with Crippen molar-refractivity contribution in [3.8, 4) is 11.1 Å². The lowest BCUT2D eigenvalue weighted by Crippen LogP contribution is -2.28. The maximum absolute atomic E-state index is 13.3. The summed E-state index contributed by atoms with van der Waals surface area (Å²) >= 11 is 0. The predicted molar refractivity (Wildman–Crippen MR) is 181 cm³/mol. The molecule has 3 aromatic carbocycles. The number of hydrogen-bond acceptors (Lipinski definition) is 9. The molecule has 1 saturated carbocycles. The van der Waals surface area contributed by atoms with Crippen LogP contribution < -0.4 is 21.3 Å². The highest BCUT2D eigenvalue weighted by Gasteiger charge is 2.51. The Morgan fingerprint density at radius 2 is 1.71 bits per heavy atom. The molecule has 5 N–H and O–H groups in total. The van der Waals surface area contributed by atoms with Crippen LogP contribution in [0.2, 0.25) is 0 Å². The molecule has 3 amide bonds. The molecule has 0 radical (unpaired) electrons. The van der Waals surface area contributed by atoms with E-state index in [0.717, 1.165) is 12.1 Å². The van der Waals surface area contributed by atoms with Gasteiger partial charge < -0.3 is 34.9 Å². The van der Waals surface area contributed by atoms with Crippen molar-refractivity contribution in [2.45, 2.75) is 62.2 Å². The second kappa shape index (κ2) is 14.6. The van der Waals surface area contributed by atoms with Gasteiger partial charge >= 0.3 is 12.2 Å². The van der Waals surface area contributed by atoms with Crippen LogP contribution >= 0.6 is 0 Å². The Hall–Kier alpha value is -5.02. The Labute approximate surface area is 283 Å². The number of amides is 3. The number of aliphatic hydroxyl groups is 1. The molecule has 1 heterocycles. The van der Waals surface area contributed by atoms with Gasteiger partial charge in [-0.05, 0) is 69.0 Å². The molecule has 258 valence electrons. The van der Waals surface area contributed by atoms with Crippen LogP contribution in [0.3, 0.4) is 0 Å². The monoisotopic (exact) mass is 694 g/mol. The number of nitrogens with zero attached hydrogens (tertiary/aromatic N) is 3. The van der Waals surface area contributed by atoms with E-state index >= 15 is 0 Å². The van der Waals surface area contributed by atoms with E-state index in [1.54, 1.807) is 81.6 Å². The van der Waals surface area contributed by atoms with Crippen LogP contribution in [0.25, 0.3) is 11.1 Å². The summed E-state index contributed by atoms with van der Waals surface area (Å²) in [6.07, 6.45) is -2.03. The van der Waals surface area contributed by atoms with Gasteiger partial charge in [-0.15, -0.1) is 0 Å². The van der Waals surface area contributed by atoms with Gasteiger partial charge in [-0.3, -0.25) is 4.79 Å². The van der Waals surface area contributed by atoms with E-state index < -0.39 is 33.8 Å². The standard InChI is InChI=1S/C34H35F3N7O4S/c1-20(2)39-32(47)44-49(48)27-9-5-8-26(17-27)42-31-38-18-28(29(43-31)40-21(3)19-45)22-10-12-25(13-11-22)41-30(46)33(14-15-33)23-6-4-7-24(16-23)34(35,36)37/h4-13,16-18,20-21,45H,14-15,19H2,1-3H3,(H,39,47)(H,41,46)(H2,38,40,42,43)/q-1. The van der Waals surface area contributed by atoms with Crippen molar-refractivity contribution in [1.82, 2.24) is 15.3 Å². The van der Waals surface area contributed by atoms with Gasteiger partial charge in [-0.2, -0.15) is 28.8 Å². The molecule has 49 heavy (non-hydrogen) atoms. The smallest absolute Gasteiger partial charge is 0.416 e. The second-order valence-corrected chi connectivity index (χ2v) is 13.1. The largest absolute Gasteiger partial charge is 0.439 e. The highest BCUT2D eigenvalue weighted by Crippen LogP contribution is 2.50. The van der Waals surface area contributed by atoms with Gasteiger partial charge in [0.2, 0.25) is 11.9 Å². The molecule has 0 saturated heterocycles. The number of halogens is 3. The van der Waals surface area contributed by atoms with Gasteiger partial charge in [0.1, 0.15) is 5.82 Å². The molecule has 1 unspecified atom stereocenters.